The summed E-state index contributed by atoms with van der Waals surface area (Å²) in [4.78, 5) is 0.941. The summed E-state index contributed by atoms with van der Waals surface area (Å²) in [5, 5.41) is 0. The van der Waals surface area contributed by atoms with Crippen LogP contribution in [0.25, 0.3) is 0 Å². The molecule has 0 saturated carbocycles. The molecule has 0 saturated heterocycles. The molecular formula is C14H15NO2S2. The Balaban J connectivity index is 2.52. The highest BCUT2D eigenvalue weighted by atomic mass is 32.2. The van der Waals surface area contributed by atoms with Crippen LogP contribution in [0.3, 0.4) is 0 Å². The molecule has 3 nitrogen and oxygen atoms in total. The van der Waals surface area contributed by atoms with Crippen LogP contribution in [-0.4, -0.2) is 15.5 Å². The Bertz CT molecular complexity index is 696. The van der Waals surface area contributed by atoms with E-state index in [9.17, 15) is 8.42 Å². The fourth-order valence-corrected chi connectivity index (χ4v) is 3.67. The molecule has 0 radical (unpaired) electrons. The van der Waals surface area contributed by atoms with E-state index in [0.29, 0.717) is 15.5 Å². The van der Waals surface area contributed by atoms with Gasteiger partial charge in [0, 0.05) is 11.9 Å². The third-order valence-corrected chi connectivity index (χ3v) is 5.26. The zero-order chi connectivity index (χ0) is 14.0. The first kappa shape index (κ1) is 14.0. The zero-order valence-corrected chi connectivity index (χ0v) is 12.4. The molecular weight excluding hydrogens is 278 g/mol. The molecule has 0 atom stereocenters. The van der Waals surface area contributed by atoms with Crippen molar-refractivity contribution in [3.63, 3.8) is 0 Å². The van der Waals surface area contributed by atoms with E-state index in [2.05, 4.69) is 12.6 Å². The van der Waals surface area contributed by atoms with Crippen LogP contribution >= 0.6 is 12.6 Å². The summed E-state index contributed by atoms with van der Waals surface area (Å²) < 4.78 is 26.5. The number of sulfonamides is 1. The first-order valence-electron chi connectivity index (χ1n) is 5.77. The maximum Gasteiger partial charge on any atom is 0.264 e. The van der Waals surface area contributed by atoms with Crippen LogP contribution in [0.5, 0.6) is 0 Å². The van der Waals surface area contributed by atoms with Gasteiger partial charge in [0.2, 0.25) is 0 Å². The standard InChI is InChI=1S/C14H15NO2S2/c1-11-7-3-6-10-14(11)19(16,17)15(2)12-8-4-5-9-13(12)18/h3-10,18H,1-2H3. The average molecular weight is 293 g/mol. The molecule has 100 valence electrons. The molecule has 0 aliphatic carbocycles. The summed E-state index contributed by atoms with van der Waals surface area (Å²) in [6, 6.07) is 14.1. The predicted octanol–water partition coefficient (Wildman–Crippen LogP) is 3.11. The number of rotatable bonds is 3. The van der Waals surface area contributed by atoms with Gasteiger partial charge >= 0.3 is 0 Å². The van der Waals surface area contributed by atoms with Crippen LogP contribution in [0, 0.1) is 6.92 Å². The molecule has 0 heterocycles. The molecule has 0 N–H and O–H groups in total. The van der Waals surface area contributed by atoms with Crippen LogP contribution < -0.4 is 4.31 Å². The quantitative estimate of drug-likeness (QED) is 0.883. The minimum absolute atomic E-state index is 0.314. The van der Waals surface area contributed by atoms with E-state index in [1.54, 1.807) is 43.3 Å². The predicted molar refractivity (Wildman–Crippen MR) is 80.5 cm³/mol. The summed E-state index contributed by atoms with van der Waals surface area (Å²) in [5.41, 5.74) is 1.29. The topological polar surface area (TPSA) is 37.4 Å². The Hall–Kier alpha value is -1.46. The molecule has 2 aromatic rings. The van der Waals surface area contributed by atoms with E-state index in [1.165, 1.54) is 11.4 Å². The van der Waals surface area contributed by atoms with Crippen LogP contribution in [0.2, 0.25) is 0 Å². The Morgan fingerprint density at radius 1 is 1.00 bits per heavy atom. The molecule has 0 spiro atoms. The third kappa shape index (κ3) is 2.62. The number of hydrogen-bond donors (Lipinski definition) is 1. The highest BCUT2D eigenvalue weighted by Crippen LogP contribution is 2.28. The van der Waals surface area contributed by atoms with E-state index in [0.717, 1.165) is 5.56 Å². The Kier molecular flexibility index (Phi) is 3.87. The molecule has 0 aliphatic rings. The summed E-state index contributed by atoms with van der Waals surface area (Å²) in [6.45, 7) is 1.79. The van der Waals surface area contributed by atoms with Gasteiger partial charge in [-0.15, -0.1) is 12.6 Å². The minimum Gasteiger partial charge on any atom is -0.268 e. The summed E-state index contributed by atoms with van der Waals surface area (Å²) in [7, 11) is -2.02. The molecule has 2 rings (SSSR count). The molecule has 0 aliphatic heterocycles. The first-order valence-corrected chi connectivity index (χ1v) is 7.66. The summed E-state index contributed by atoms with van der Waals surface area (Å²) in [5.74, 6) is 0. The minimum atomic E-state index is -3.56. The van der Waals surface area contributed by atoms with Gasteiger partial charge in [0.25, 0.3) is 10.0 Å². The molecule has 0 amide bonds. The fraction of sp³-hybridized carbons (Fsp3) is 0.143. The van der Waals surface area contributed by atoms with Gasteiger partial charge < -0.3 is 0 Å². The summed E-state index contributed by atoms with van der Waals surface area (Å²) in [6.07, 6.45) is 0. The second-order valence-electron chi connectivity index (χ2n) is 4.23. The number of nitrogens with zero attached hydrogens (tertiary/aromatic N) is 1. The van der Waals surface area contributed by atoms with Crippen molar-refractivity contribution in [3.8, 4) is 0 Å². The Morgan fingerprint density at radius 2 is 1.58 bits per heavy atom. The second kappa shape index (κ2) is 5.27. The highest BCUT2D eigenvalue weighted by molar-refractivity contribution is 7.93. The fourth-order valence-electron chi connectivity index (χ4n) is 1.85. The number of hydrogen-bond acceptors (Lipinski definition) is 3. The molecule has 0 fully saturated rings. The number of benzene rings is 2. The van der Waals surface area contributed by atoms with Crippen molar-refractivity contribution in [2.75, 3.05) is 11.4 Å². The van der Waals surface area contributed by atoms with Gasteiger partial charge in [-0.05, 0) is 30.7 Å². The van der Waals surface area contributed by atoms with Crippen molar-refractivity contribution in [3.05, 3.63) is 54.1 Å². The van der Waals surface area contributed by atoms with Crippen molar-refractivity contribution < 1.29 is 8.42 Å². The highest BCUT2D eigenvalue weighted by Gasteiger charge is 2.23. The Morgan fingerprint density at radius 3 is 2.21 bits per heavy atom. The van der Waals surface area contributed by atoms with Crippen LogP contribution in [0.4, 0.5) is 5.69 Å². The lowest BCUT2D eigenvalue weighted by atomic mass is 10.2. The van der Waals surface area contributed by atoms with Gasteiger partial charge in [-0.3, -0.25) is 4.31 Å². The molecule has 19 heavy (non-hydrogen) atoms. The molecule has 0 aromatic heterocycles. The monoisotopic (exact) mass is 293 g/mol. The van der Waals surface area contributed by atoms with Crippen LogP contribution in [0.15, 0.2) is 58.3 Å². The summed E-state index contributed by atoms with van der Waals surface area (Å²) >= 11 is 4.30. The van der Waals surface area contributed by atoms with E-state index in [1.807, 2.05) is 12.1 Å². The molecule has 0 bridgehead atoms. The van der Waals surface area contributed by atoms with E-state index < -0.39 is 10.0 Å². The van der Waals surface area contributed by atoms with Crippen molar-refractivity contribution in [2.24, 2.45) is 0 Å². The van der Waals surface area contributed by atoms with Gasteiger partial charge in [0.15, 0.2) is 0 Å². The van der Waals surface area contributed by atoms with Gasteiger partial charge in [0.1, 0.15) is 0 Å². The molecule has 2 aromatic carbocycles. The maximum atomic E-state index is 12.6. The third-order valence-electron chi connectivity index (χ3n) is 2.95. The van der Waals surface area contributed by atoms with Crippen molar-refractivity contribution in [2.45, 2.75) is 16.7 Å². The zero-order valence-electron chi connectivity index (χ0n) is 10.7. The molecule has 5 heteroatoms. The van der Waals surface area contributed by atoms with E-state index >= 15 is 0 Å². The number of thiol groups is 1. The lowest BCUT2D eigenvalue weighted by molar-refractivity contribution is 0.593. The van der Waals surface area contributed by atoms with Crippen LogP contribution in [0.1, 0.15) is 5.56 Å². The average Bonchev–Trinajstić information content (AvgIpc) is 2.39. The van der Waals surface area contributed by atoms with Gasteiger partial charge in [-0.2, -0.15) is 0 Å². The van der Waals surface area contributed by atoms with Gasteiger partial charge in [-0.1, -0.05) is 30.3 Å². The van der Waals surface area contributed by atoms with Crippen molar-refractivity contribution >= 4 is 28.3 Å². The smallest absolute Gasteiger partial charge is 0.264 e. The largest absolute Gasteiger partial charge is 0.268 e. The first-order chi connectivity index (χ1) is 8.94. The SMILES string of the molecule is Cc1ccccc1S(=O)(=O)N(C)c1ccccc1S. The van der Waals surface area contributed by atoms with Crippen molar-refractivity contribution in [1.82, 2.24) is 0 Å². The number of para-hydroxylation sites is 1. The molecule has 0 unspecified atom stereocenters. The maximum absolute atomic E-state index is 12.6. The normalized spacial score (nSPS) is 11.3. The van der Waals surface area contributed by atoms with Crippen molar-refractivity contribution in [1.29, 1.82) is 0 Å². The van der Waals surface area contributed by atoms with E-state index in [4.69, 9.17) is 0 Å². The second-order valence-corrected chi connectivity index (χ2v) is 6.65. The van der Waals surface area contributed by atoms with E-state index in [-0.39, 0.29) is 0 Å². The number of aryl methyl sites for hydroxylation is 1. The van der Waals surface area contributed by atoms with Gasteiger partial charge in [0.05, 0.1) is 10.6 Å². The lowest BCUT2D eigenvalue weighted by Crippen LogP contribution is -2.27. The van der Waals surface area contributed by atoms with Gasteiger partial charge in [-0.25, -0.2) is 8.42 Å². The lowest BCUT2D eigenvalue weighted by Gasteiger charge is -2.21. The Labute approximate surface area is 119 Å². The van der Waals surface area contributed by atoms with Crippen LogP contribution in [-0.2, 0) is 10.0 Å². The number of anilines is 1.